The number of pyridine rings is 1. The lowest BCUT2D eigenvalue weighted by molar-refractivity contribution is 0.102. The number of carbonyl (C=O) groups excluding carboxylic acids is 1. The Bertz CT molecular complexity index is 782. The molecule has 3 rings (SSSR count). The van der Waals surface area contributed by atoms with Crippen molar-refractivity contribution in [1.29, 1.82) is 0 Å². The van der Waals surface area contributed by atoms with Crippen molar-refractivity contribution >= 4 is 11.8 Å². The van der Waals surface area contributed by atoms with Crippen LogP contribution in [0.1, 0.15) is 17.3 Å². The first-order valence-electron chi connectivity index (χ1n) is 7.17. The molecule has 0 bridgehead atoms. The number of carbonyl (C=O) groups is 1. The average Bonchev–Trinajstić information content (AvgIpc) is 3.05. The van der Waals surface area contributed by atoms with Crippen molar-refractivity contribution in [3.63, 3.8) is 0 Å². The largest absolute Gasteiger partial charge is 0.494 e. The van der Waals surface area contributed by atoms with Gasteiger partial charge in [-0.25, -0.2) is 0 Å². The molecule has 0 spiro atoms. The van der Waals surface area contributed by atoms with Gasteiger partial charge in [-0.2, -0.15) is 0 Å². The third-order valence-corrected chi connectivity index (χ3v) is 3.15. The van der Waals surface area contributed by atoms with Crippen LogP contribution in [0, 0.1) is 0 Å². The van der Waals surface area contributed by atoms with Gasteiger partial charge in [0.1, 0.15) is 11.4 Å². The van der Waals surface area contributed by atoms with Gasteiger partial charge in [-0.05, 0) is 43.3 Å². The molecule has 0 saturated heterocycles. The molecule has 1 N–H and O–H groups in total. The molecule has 2 aromatic heterocycles. The second-order valence-corrected chi connectivity index (χ2v) is 4.72. The highest BCUT2D eigenvalue weighted by molar-refractivity contribution is 6.03. The molecule has 116 valence electrons. The van der Waals surface area contributed by atoms with Crippen LogP contribution in [0.2, 0.25) is 0 Å². The molecule has 0 saturated carbocycles. The number of nitrogens with zero attached hydrogens (tertiary/aromatic N) is 2. The number of aromatic nitrogens is 2. The van der Waals surface area contributed by atoms with Gasteiger partial charge in [-0.15, -0.1) is 0 Å². The maximum atomic E-state index is 12.2. The Balaban J connectivity index is 1.69. The Morgan fingerprint density at radius 2 is 1.91 bits per heavy atom. The van der Waals surface area contributed by atoms with Gasteiger partial charge in [0.25, 0.3) is 5.91 Å². The maximum absolute atomic E-state index is 12.2. The summed E-state index contributed by atoms with van der Waals surface area (Å²) in [6, 6.07) is 12.2. The molecule has 6 heteroatoms. The van der Waals surface area contributed by atoms with Gasteiger partial charge in [-0.1, -0.05) is 5.16 Å². The highest BCUT2D eigenvalue weighted by Gasteiger charge is 2.11. The van der Waals surface area contributed by atoms with Crippen molar-refractivity contribution < 1.29 is 14.1 Å². The molecule has 0 aliphatic heterocycles. The van der Waals surface area contributed by atoms with Crippen molar-refractivity contribution in [2.45, 2.75) is 6.92 Å². The SMILES string of the molecule is CCOc1ccc(C(=O)Nc2cc(-c3ccncc3)no2)cc1. The highest BCUT2D eigenvalue weighted by atomic mass is 16.5. The molecule has 0 unspecified atom stereocenters. The number of ether oxygens (including phenoxy) is 1. The van der Waals surface area contributed by atoms with Crippen LogP contribution in [-0.4, -0.2) is 22.7 Å². The van der Waals surface area contributed by atoms with Crippen LogP contribution < -0.4 is 10.1 Å². The second-order valence-electron chi connectivity index (χ2n) is 4.72. The molecular formula is C17H15N3O3. The number of amides is 1. The molecule has 0 atom stereocenters. The summed E-state index contributed by atoms with van der Waals surface area (Å²) in [6.45, 7) is 2.49. The van der Waals surface area contributed by atoms with Crippen molar-refractivity contribution in [3.05, 3.63) is 60.4 Å². The normalized spacial score (nSPS) is 10.3. The summed E-state index contributed by atoms with van der Waals surface area (Å²) < 4.78 is 10.5. The van der Waals surface area contributed by atoms with Gasteiger partial charge in [0.05, 0.1) is 6.61 Å². The minimum absolute atomic E-state index is 0.273. The van der Waals surface area contributed by atoms with E-state index in [-0.39, 0.29) is 11.8 Å². The number of hydrogen-bond donors (Lipinski definition) is 1. The lowest BCUT2D eigenvalue weighted by atomic mass is 10.2. The van der Waals surface area contributed by atoms with Crippen LogP contribution in [0.5, 0.6) is 5.75 Å². The Hall–Kier alpha value is -3.15. The third kappa shape index (κ3) is 3.55. The quantitative estimate of drug-likeness (QED) is 0.781. The van der Waals surface area contributed by atoms with E-state index in [1.807, 2.05) is 19.1 Å². The summed E-state index contributed by atoms with van der Waals surface area (Å²) in [4.78, 5) is 16.1. The van der Waals surface area contributed by atoms with E-state index < -0.39 is 0 Å². The lowest BCUT2D eigenvalue weighted by Crippen LogP contribution is -2.11. The molecule has 23 heavy (non-hydrogen) atoms. The molecule has 3 aromatic rings. The predicted molar refractivity (Wildman–Crippen MR) is 85.3 cm³/mol. The molecule has 0 aliphatic carbocycles. The van der Waals surface area contributed by atoms with Crippen LogP contribution in [0.15, 0.2) is 59.4 Å². The van der Waals surface area contributed by atoms with Crippen LogP contribution in [0.4, 0.5) is 5.88 Å². The zero-order valence-corrected chi connectivity index (χ0v) is 12.5. The van der Waals surface area contributed by atoms with E-state index in [4.69, 9.17) is 9.26 Å². The first kappa shape index (κ1) is 14.8. The molecule has 0 fully saturated rings. The Morgan fingerprint density at radius 1 is 1.17 bits per heavy atom. The average molecular weight is 309 g/mol. The summed E-state index contributed by atoms with van der Waals surface area (Å²) in [5.74, 6) is 0.741. The van der Waals surface area contributed by atoms with Crippen molar-refractivity contribution in [2.24, 2.45) is 0 Å². The van der Waals surface area contributed by atoms with Gasteiger partial charge in [0.15, 0.2) is 0 Å². The summed E-state index contributed by atoms with van der Waals surface area (Å²) in [5.41, 5.74) is 2.01. The number of nitrogens with one attached hydrogen (secondary N) is 1. The minimum atomic E-state index is -0.273. The molecule has 0 radical (unpaired) electrons. The Labute approximate surface area is 133 Å². The van der Waals surface area contributed by atoms with Crippen LogP contribution in [0.3, 0.4) is 0 Å². The second kappa shape index (κ2) is 6.74. The topological polar surface area (TPSA) is 77.2 Å². The van der Waals surface area contributed by atoms with Gasteiger partial charge in [-0.3, -0.25) is 15.1 Å². The number of rotatable bonds is 5. The monoisotopic (exact) mass is 309 g/mol. The van der Waals surface area contributed by atoms with Gasteiger partial charge in [0, 0.05) is 29.6 Å². The smallest absolute Gasteiger partial charge is 0.258 e. The maximum Gasteiger partial charge on any atom is 0.258 e. The van der Waals surface area contributed by atoms with Crippen molar-refractivity contribution in [1.82, 2.24) is 10.1 Å². The summed E-state index contributed by atoms with van der Waals surface area (Å²) in [6.07, 6.45) is 3.34. The molecule has 6 nitrogen and oxygen atoms in total. The standard InChI is InChI=1S/C17H15N3O3/c1-2-22-14-5-3-13(4-6-14)17(21)19-16-11-15(20-23-16)12-7-9-18-10-8-12/h3-11H,2H2,1H3,(H,19,21). The fourth-order valence-electron chi connectivity index (χ4n) is 2.05. The number of benzene rings is 1. The zero-order valence-electron chi connectivity index (χ0n) is 12.5. The first-order valence-corrected chi connectivity index (χ1v) is 7.17. The van der Waals surface area contributed by atoms with E-state index in [9.17, 15) is 4.79 Å². The highest BCUT2D eigenvalue weighted by Crippen LogP contribution is 2.21. The van der Waals surface area contributed by atoms with E-state index in [2.05, 4.69) is 15.5 Å². The molecule has 1 amide bonds. The van der Waals surface area contributed by atoms with Gasteiger partial charge < -0.3 is 9.26 Å². The molecule has 1 aromatic carbocycles. The van der Waals surface area contributed by atoms with Gasteiger partial charge in [0.2, 0.25) is 5.88 Å². The minimum Gasteiger partial charge on any atom is -0.494 e. The third-order valence-electron chi connectivity index (χ3n) is 3.15. The van der Waals surface area contributed by atoms with Crippen molar-refractivity contribution in [2.75, 3.05) is 11.9 Å². The van der Waals surface area contributed by atoms with Gasteiger partial charge >= 0.3 is 0 Å². The summed E-state index contributed by atoms with van der Waals surface area (Å²) in [7, 11) is 0. The van der Waals surface area contributed by atoms with Crippen LogP contribution >= 0.6 is 0 Å². The fourth-order valence-corrected chi connectivity index (χ4v) is 2.05. The summed E-state index contributed by atoms with van der Waals surface area (Å²) in [5, 5.41) is 6.61. The molecule has 2 heterocycles. The Kier molecular flexibility index (Phi) is 4.33. The fraction of sp³-hybridized carbons (Fsp3) is 0.118. The molecule has 0 aliphatic rings. The predicted octanol–water partition coefficient (Wildman–Crippen LogP) is 3.39. The first-order chi connectivity index (χ1) is 11.3. The summed E-state index contributed by atoms with van der Waals surface area (Å²) >= 11 is 0. The number of anilines is 1. The van der Waals surface area contributed by atoms with E-state index in [1.165, 1.54) is 0 Å². The van der Waals surface area contributed by atoms with Crippen LogP contribution in [-0.2, 0) is 0 Å². The van der Waals surface area contributed by atoms with E-state index >= 15 is 0 Å². The zero-order chi connectivity index (χ0) is 16.1. The lowest BCUT2D eigenvalue weighted by Gasteiger charge is -2.04. The van der Waals surface area contributed by atoms with E-state index in [1.54, 1.807) is 42.7 Å². The van der Waals surface area contributed by atoms with Crippen molar-refractivity contribution in [3.8, 4) is 17.0 Å². The Morgan fingerprint density at radius 3 is 2.61 bits per heavy atom. The number of hydrogen-bond acceptors (Lipinski definition) is 5. The molecular weight excluding hydrogens is 294 g/mol. The van der Waals surface area contributed by atoms with E-state index in [0.29, 0.717) is 17.9 Å². The van der Waals surface area contributed by atoms with Crippen LogP contribution in [0.25, 0.3) is 11.3 Å². The van der Waals surface area contributed by atoms with E-state index in [0.717, 1.165) is 11.3 Å².